The number of nitrogens with two attached hydrogens (primary N) is 1. The number of nitrogens with one attached hydrogen (secondary N) is 1. The molecule has 0 spiro atoms. The van der Waals surface area contributed by atoms with Crippen LogP contribution >= 0.6 is 23.2 Å². The summed E-state index contributed by atoms with van der Waals surface area (Å²) in [7, 11) is 0. The van der Waals surface area contributed by atoms with Crippen molar-refractivity contribution in [2.24, 2.45) is 5.84 Å². The molecule has 4 nitrogen and oxygen atoms in total. The first-order chi connectivity index (χ1) is 8.51. The fourth-order valence-electron chi connectivity index (χ4n) is 1.58. The molecule has 0 radical (unpaired) electrons. The lowest BCUT2D eigenvalue weighted by Crippen LogP contribution is -2.12. The number of hydrazine groups is 1. The van der Waals surface area contributed by atoms with Crippen LogP contribution in [-0.4, -0.2) is 9.97 Å². The van der Waals surface area contributed by atoms with Crippen LogP contribution < -0.4 is 11.3 Å². The van der Waals surface area contributed by atoms with Crippen LogP contribution in [0.2, 0.25) is 10.0 Å². The maximum atomic E-state index is 5.96. The zero-order chi connectivity index (χ0) is 13.3. The Balaban J connectivity index is 2.60. The van der Waals surface area contributed by atoms with Gasteiger partial charge in [0.25, 0.3) is 0 Å². The fraction of sp³-hybridized carbons (Fsp3) is 0.167. The standard InChI is InChI=1S/C12H12Cl2N4/c1-6-7(2)16-12(17-11(6)18-15)8-3-9(13)5-10(14)4-8/h3-5H,15H2,1-2H3,(H,16,17,18). The van der Waals surface area contributed by atoms with Crippen molar-refractivity contribution in [1.82, 2.24) is 9.97 Å². The third-order valence-corrected chi connectivity index (χ3v) is 3.08. The predicted octanol–water partition coefficient (Wildman–Crippen LogP) is 3.35. The number of halogens is 2. The molecule has 0 atom stereocenters. The summed E-state index contributed by atoms with van der Waals surface area (Å²) in [4.78, 5) is 8.75. The van der Waals surface area contributed by atoms with Crippen molar-refractivity contribution < 1.29 is 0 Å². The molecule has 0 bridgehead atoms. The highest BCUT2D eigenvalue weighted by atomic mass is 35.5. The summed E-state index contributed by atoms with van der Waals surface area (Å²) in [6.45, 7) is 3.80. The van der Waals surface area contributed by atoms with Crippen LogP contribution in [0.25, 0.3) is 11.4 Å². The van der Waals surface area contributed by atoms with E-state index in [4.69, 9.17) is 29.0 Å². The summed E-state index contributed by atoms with van der Waals surface area (Å²) in [5, 5.41) is 1.09. The highest BCUT2D eigenvalue weighted by Gasteiger charge is 2.10. The van der Waals surface area contributed by atoms with Gasteiger partial charge in [-0.1, -0.05) is 23.2 Å². The zero-order valence-corrected chi connectivity index (χ0v) is 11.5. The number of anilines is 1. The lowest BCUT2D eigenvalue weighted by atomic mass is 10.2. The summed E-state index contributed by atoms with van der Waals surface area (Å²) in [6, 6.07) is 5.19. The maximum Gasteiger partial charge on any atom is 0.161 e. The molecule has 0 amide bonds. The van der Waals surface area contributed by atoms with E-state index in [0.717, 1.165) is 16.8 Å². The molecule has 1 aromatic carbocycles. The first kappa shape index (κ1) is 13.1. The lowest BCUT2D eigenvalue weighted by molar-refractivity contribution is 1.06. The molecule has 1 aromatic heterocycles. The topological polar surface area (TPSA) is 63.8 Å². The van der Waals surface area contributed by atoms with E-state index in [2.05, 4.69) is 15.4 Å². The van der Waals surface area contributed by atoms with Crippen molar-refractivity contribution >= 4 is 29.0 Å². The average molecular weight is 283 g/mol. The second kappa shape index (κ2) is 5.10. The number of benzene rings is 1. The molecule has 2 aromatic rings. The van der Waals surface area contributed by atoms with Crippen molar-refractivity contribution in [2.75, 3.05) is 5.43 Å². The van der Waals surface area contributed by atoms with Crippen LogP contribution in [0.3, 0.4) is 0 Å². The van der Waals surface area contributed by atoms with Gasteiger partial charge in [-0.25, -0.2) is 15.8 Å². The molecule has 0 unspecified atom stereocenters. The highest BCUT2D eigenvalue weighted by Crippen LogP contribution is 2.27. The van der Waals surface area contributed by atoms with E-state index in [-0.39, 0.29) is 0 Å². The third kappa shape index (κ3) is 2.56. The van der Waals surface area contributed by atoms with E-state index >= 15 is 0 Å². The minimum atomic E-state index is 0.537. The van der Waals surface area contributed by atoms with Crippen molar-refractivity contribution in [3.63, 3.8) is 0 Å². The Morgan fingerprint density at radius 1 is 1.06 bits per heavy atom. The first-order valence-electron chi connectivity index (χ1n) is 5.29. The number of nitrogen functional groups attached to an aromatic ring is 1. The van der Waals surface area contributed by atoms with E-state index < -0.39 is 0 Å². The maximum absolute atomic E-state index is 5.96. The zero-order valence-electron chi connectivity index (χ0n) is 9.96. The third-order valence-electron chi connectivity index (χ3n) is 2.65. The second-order valence-corrected chi connectivity index (χ2v) is 4.78. The number of aromatic nitrogens is 2. The normalized spacial score (nSPS) is 10.5. The molecule has 3 N–H and O–H groups in total. The molecule has 0 aliphatic heterocycles. The van der Waals surface area contributed by atoms with Gasteiger partial charge in [0.1, 0.15) is 5.82 Å². The molecule has 1 heterocycles. The predicted molar refractivity (Wildman–Crippen MR) is 74.8 cm³/mol. The van der Waals surface area contributed by atoms with E-state index in [1.54, 1.807) is 18.2 Å². The van der Waals surface area contributed by atoms with Crippen LogP contribution in [0.4, 0.5) is 5.82 Å². The average Bonchev–Trinajstić information content (AvgIpc) is 2.31. The van der Waals surface area contributed by atoms with E-state index in [1.807, 2.05) is 13.8 Å². The summed E-state index contributed by atoms with van der Waals surface area (Å²) in [5.74, 6) is 6.56. The number of rotatable bonds is 2. The Bertz CT molecular complexity index is 579. The molecule has 6 heteroatoms. The van der Waals surface area contributed by atoms with Crippen LogP contribution in [0.1, 0.15) is 11.3 Å². The van der Waals surface area contributed by atoms with Gasteiger partial charge in [0, 0.05) is 26.9 Å². The molecule has 0 saturated carbocycles. The van der Waals surface area contributed by atoms with Crippen molar-refractivity contribution in [2.45, 2.75) is 13.8 Å². The first-order valence-corrected chi connectivity index (χ1v) is 6.05. The molecule has 94 valence electrons. The largest absolute Gasteiger partial charge is 0.308 e. The van der Waals surface area contributed by atoms with Crippen LogP contribution in [-0.2, 0) is 0 Å². The number of hydrogen-bond acceptors (Lipinski definition) is 4. The van der Waals surface area contributed by atoms with Gasteiger partial charge < -0.3 is 5.43 Å². The number of aryl methyl sites for hydroxylation is 1. The van der Waals surface area contributed by atoms with Crippen molar-refractivity contribution in [1.29, 1.82) is 0 Å². The Morgan fingerprint density at radius 3 is 2.22 bits per heavy atom. The summed E-state index contributed by atoms with van der Waals surface area (Å²) in [6.07, 6.45) is 0. The van der Waals surface area contributed by atoms with Gasteiger partial charge in [0.15, 0.2) is 5.82 Å². The van der Waals surface area contributed by atoms with Crippen molar-refractivity contribution in [3.8, 4) is 11.4 Å². The quantitative estimate of drug-likeness (QED) is 0.655. The molecule has 2 rings (SSSR count). The van der Waals surface area contributed by atoms with Gasteiger partial charge in [-0.15, -0.1) is 0 Å². The fourth-order valence-corrected chi connectivity index (χ4v) is 2.11. The smallest absolute Gasteiger partial charge is 0.161 e. The van der Waals surface area contributed by atoms with Crippen LogP contribution in [0.5, 0.6) is 0 Å². The van der Waals surface area contributed by atoms with E-state index in [9.17, 15) is 0 Å². The van der Waals surface area contributed by atoms with E-state index in [0.29, 0.717) is 21.7 Å². The molecule has 0 fully saturated rings. The van der Waals surface area contributed by atoms with E-state index in [1.165, 1.54) is 0 Å². The summed E-state index contributed by atoms with van der Waals surface area (Å²) in [5.41, 5.74) is 5.08. The Kier molecular flexibility index (Phi) is 3.71. The van der Waals surface area contributed by atoms with Gasteiger partial charge in [-0.3, -0.25) is 0 Å². The minimum absolute atomic E-state index is 0.537. The molecule has 0 aliphatic rings. The monoisotopic (exact) mass is 282 g/mol. The van der Waals surface area contributed by atoms with Gasteiger partial charge in [0.05, 0.1) is 0 Å². The molecule has 0 aliphatic carbocycles. The molecule has 0 saturated heterocycles. The van der Waals surface area contributed by atoms with Gasteiger partial charge in [-0.2, -0.15) is 0 Å². The number of hydrogen-bond donors (Lipinski definition) is 2. The number of nitrogens with zero attached hydrogens (tertiary/aromatic N) is 2. The van der Waals surface area contributed by atoms with Gasteiger partial charge in [0.2, 0.25) is 0 Å². The minimum Gasteiger partial charge on any atom is -0.308 e. The summed E-state index contributed by atoms with van der Waals surface area (Å²) >= 11 is 11.9. The highest BCUT2D eigenvalue weighted by molar-refractivity contribution is 6.35. The Labute approximate surface area is 115 Å². The van der Waals surface area contributed by atoms with Gasteiger partial charge >= 0.3 is 0 Å². The SMILES string of the molecule is Cc1nc(-c2cc(Cl)cc(Cl)c2)nc(NN)c1C. The van der Waals surface area contributed by atoms with Gasteiger partial charge in [-0.05, 0) is 32.0 Å². The Hall–Kier alpha value is -1.36. The van der Waals surface area contributed by atoms with Crippen LogP contribution in [0, 0.1) is 13.8 Å². The summed E-state index contributed by atoms with van der Waals surface area (Å²) < 4.78 is 0. The molecular formula is C12H12Cl2N4. The Morgan fingerprint density at radius 2 is 1.67 bits per heavy atom. The molecule has 18 heavy (non-hydrogen) atoms. The molecular weight excluding hydrogens is 271 g/mol. The lowest BCUT2D eigenvalue weighted by Gasteiger charge is -2.10. The van der Waals surface area contributed by atoms with Crippen LogP contribution in [0.15, 0.2) is 18.2 Å². The van der Waals surface area contributed by atoms with Crippen molar-refractivity contribution in [3.05, 3.63) is 39.5 Å². The second-order valence-electron chi connectivity index (χ2n) is 3.91.